The molecule has 0 atom stereocenters. The lowest BCUT2D eigenvalue weighted by Gasteiger charge is -2.16. The molecule has 0 aliphatic carbocycles. The van der Waals surface area contributed by atoms with Gasteiger partial charge in [0.15, 0.2) is 11.5 Å². The van der Waals surface area contributed by atoms with Crippen molar-refractivity contribution in [2.75, 3.05) is 16.3 Å². The molecule has 0 saturated heterocycles. The summed E-state index contributed by atoms with van der Waals surface area (Å²) < 4.78 is 36.2. The number of anilines is 2. The first-order valence-corrected chi connectivity index (χ1v) is 9.42. The number of nitrogens with one attached hydrogen (secondary N) is 2. The van der Waals surface area contributed by atoms with Crippen LogP contribution in [-0.4, -0.2) is 26.4 Å². The quantitative estimate of drug-likeness (QED) is 0.872. The second kappa shape index (κ2) is 5.96. The molecule has 2 N–H and O–H groups in total. The number of fused-ring (bicyclic) bond motifs is 1. The van der Waals surface area contributed by atoms with Crippen molar-refractivity contribution in [2.45, 2.75) is 19.6 Å². The van der Waals surface area contributed by atoms with Gasteiger partial charge in [-0.25, -0.2) is 8.42 Å². The predicted octanol–water partition coefficient (Wildman–Crippen LogP) is 2.82. The van der Waals surface area contributed by atoms with Gasteiger partial charge >= 0.3 is 0 Å². The van der Waals surface area contributed by atoms with Gasteiger partial charge in [0.05, 0.1) is 6.26 Å². The van der Waals surface area contributed by atoms with E-state index in [1.807, 2.05) is 0 Å². The molecular weight excluding hydrogens is 344 g/mol. The van der Waals surface area contributed by atoms with Gasteiger partial charge in [0, 0.05) is 36.9 Å². The van der Waals surface area contributed by atoms with E-state index < -0.39 is 15.8 Å². The van der Waals surface area contributed by atoms with Crippen LogP contribution in [0.4, 0.5) is 11.4 Å². The van der Waals surface area contributed by atoms with Crippen LogP contribution >= 0.6 is 0 Å². The first kappa shape index (κ1) is 17.1. The zero-order valence-corrected chi connectivity index (χ0v) is 14.8. The number of carbonyl (C=O) groups is 1. The number of sulfonamides is 1. The van der Waals surface area contributed by atoms with Gasteiger partial charge in [0.1, 0.15) is 0 Å². The van der Waals surface area contributed by atoms with Crippen molar-refractivity contribution >= 4 is 27.3 Å². The molecule has 2 aromatic carbocycles. The highest BCUT2D eigenvalue weighted by molar-refractivity contribution is 7.92. The molecule has 0 spiro atoms. The van der Waals surface area contributed by atoms with E-state index in [-0.39, 0.29) is 5.91 Å². The molecule has 7 nitrogen and oxygen atoms in total. The molecule has 1 heterocycles. The van der Waals surface area contributed by atoms with Crippen LogP contribution in [0.3, 0.4) is 0 Å². The van der Waals surface area contributed by atoms with Crippen LogP contribution in [-0.2, 0) is 10.0 Å². The minimum absolute atomic E-state index is 0.322. The third-order valence-electron chi connectivity index (χ3n) is 3.34. The lowest BCUT2D eigenvalue weighted by molar-refractivity contribution is -0.0431. The molecule has 8 heteroatoms. The molecule has 0 aromatic heterocycles. The average molecular weight is 362 g/mol. The van der Waals surface area contributed by atoms with E-state index in [9.17, 15) is 13.2 Å². The van der Waals surface area contributed by atoms with E-state index in [4.69, 9.17) is 9.47 Å². The summed E-state index contributed by atoms with van der Waals surface area (Å²) >= 11 is 0. The Labute approximate surface area is 146 Å². The summed E-state index contributed by atoms with van der Waals surface area (Å²) in [7, 11) is -3.41. The summed E-state index contributed by atoms with van der Waals surface area (Å²) in [6, 6.07) is 11.3. The second-order valence-electron chi connectivity index (χ2n) is 6.17. The van der Waals surface area contributed by atoms with Crippen molar-refractivity contribution in [3.8, 4) is 11.5 Å². The van der Waals surface area contributed by atoms with Crippen molar-refractivity contribution in [3.63, 3.8) is 0 Å². The molecule has 1 aliphatic heterocycles. The lowest BCUT2D eigenvalue weighted by Crippen LogP contribution is -2.29. The summed E-state index contributed by atoms with van der Waals surface area (Å²) in [5, 5.41) is 2.75. The van der Waals surface area contributed by atoms with E-state index in [0.29, 0.717) is 28.4 Å². The molecule has 0 unspecified atom stereocenters. The Kier molecular flexibility index (Phi) is 4.08. The first-order chi connectivity index (χ1) is 11.6. The summed E-state index contributed by atoms with van der Waals surface area (Å²) in [5.74, 6) is 0.0595. The van der Waals surface area contributed by atoms with E-state index in [2.05, 4.69) is 10.0 Å². The Morgan fingerprint density at radius 2 is 1.72 bits per heavy atom. The number of benzene rings is 2. The number of carbonyl (C=O) groups excluding carboxylic acids is 1. The molecule has 0 fully saturated rings. The fraction of sp³-hybridized carbons (Fsp3) is 0.235. The number of amides is 1. The summed E-state index contributed by atoms with van der Waals surface area (Å²) in [4.78, 5) is 12.4. The zero-order valence-electron chi connectivity index (χ0n) is 14.0. The van der Waals surface area contributed by atoms with Crippen LogP contribution in [0.1, 0.15) is 24.2 Å². The van der Waals surface area contributed by atoms with Crippen molar-refractivity contribution in [3.05, 3.63) is 48.0 Å². The van der Waals surface area contributed by atoms with Gasteiger partial charge in [-0.1, -0.05) is 6.07 Å². The van der Waals surface area contributed by atoms with Crippen LogP contribution in [0.5, 0.6) is 11.5 Å². The molecule has 0 saturated carbocycles. The normalized spacial score (nSPS) is 14.8. The second-order valence-corrected chi connectivity index (χ2v) is 7.92. The third kappa shape index (κ3) is 4.21. The number of ether oxygens (including phenoxy) is 2. The molecule has 2 aromatic rings. The third-order valence-corrected chi connectivity index (χ3v) is 3.95. The molecule has 1 amide bonds. The van der Waals surface area contributed by atoms with Gasteiger partial charge in [-0.3, -0.25) is 9.52 Å². The SMILES string of the molecule is CC1(C)Oc2ccc(NC(=O)c3cccc(NS(C)(=O)=O)c3)cc2O1. The highest BCUT2D eigenvalue weighted by atomic mass is 32.2. The van der Waals surface area contributed by atoms with Crippen LogP contribution < -0.4 is 19.5 Å². The lowest BCUT2D eigenvalue weighted by atomic mass is 10.2. The molecule has 0 radical (unpaired) electrons. The van der Waals surface area contributed by atoms with Gasteiger partial charge in [-0.15, -0.1) is 0 Å². The van der Waals surface area contributed by atoms with Gasteiger partial charge in [0.25, 0.3) is 5.91 Å². The van der Waals surface area contributed by atoms with Gasteiger partial charge in [-0.2, -0.15) is 0 Å². The fourth-order valence-electron chi connectivity index (χ4n) is 2.44. The topological polar surface area (TPSA) is 93.7 Å². The summed E-state index contributed by atoms with van der Waals surface area (Å²) in [6.07, 6.45) is 1.05. The number of rotatable bonds is 4. The molecular formula is C17H18N2O5S. The Morgan fingerprint density at radius 3 is 2.44 bits per heavy atom. The highest BCUT2D eigenvalue weighted by Gasteiger charge is 2.31. The predicted molar refractivity (Wildman–Crippen MR) is 94.6 cm³/mol. The van der Waals surface area contributed by atoms with Gasteiger partial charge < -0.3 is 14.8 Å². The van der Waals surface area contributed by atoms with Crippen LogP contribution in [0.2, 0.25) is 0 Å². The van der Waals surface area contributed by atoms with Crippen molar-refractivity contribution in [2.24, 2.45) is 0 Å². The Hall–Kier alpha value is -2.74. The fourth-order valence-corrected chi connectivity index (χ4v) is 3.00. The van der Waals surface area contributed by atoms with Crippen LogP contribution in [0.15, 0.2) is 42.5 Å². The monoisotopic (exact) mass is 362 g/mol. The van der Waals surface area contributed by atoms with Gasteiger partial charge in [0.2, 0.25) is 15.8 Å². The smallest absolute Gasteiger partial charge is 0.255 e. The van der Waals surface area contributed by atoms with E-state index in [1.54, 1.807) is 50.2 Å². The summed E-state index contributed by atoms with van der Waals surface area (Å²) in [6.45, 7) is 3.59. The van der Waals surface area contributed by atoms with E-state index >= 15 is 0 Å². The molecule has 132 valence electrons. The largest absolute Gasteiger partial charge is 0.449 e. The number of hydrogen-bond donors (Lipinski definition) is 2. The molecule has 0 bridgehead atoms. The van der Waals surface area contributed by atoms with E-state index in [0.717, 1.165) is 6.26 Å². The molecule has 25 heavy (non-hydrogen) atoms. The maximum absolute atomic E-state index is 12.4. The Balaban J connectivity index is 1.76. The number of hydrogen-bond acceptors (Lipinski definition) is 5. The Morgan fingerprint density at radius 1 is 1.00 bits per heavy atom. The van der Waals surface area contributed by atoms with Crippen LogP contribution in [0.25, 0.3) is 0 Å². The highest BCUT2D eigenvalue weighted by Crippen LogP contribution is 2.40. The summed E-state index contributed by atoms with van der Waals surface area (Å²) in [5.41, 5.74) is 1.20. The standard InChI is InChI=1S/C17H18N2O5S/c1-17(2)23-14-8-7-12(10-15(14)24-17)18-16(20)11-5-4-6-13(9-11)19-25(3,21)22/h4-10,19H,1-3H3,(H,18,20). The molecule has 3 rings (SSSR count). The minimum Gasteiger partial charge on any atom is -0.449 e. The van der Waals surface area contributed by atoms with Crippen molar-refractivity contribution in [1.82, 2.24) is 0 Å². The van der Waals surface area contributed by atoms with Crippen LogP contribution in [0, 0.1) is 0 Å². The average Bonchev–Trinajstić information content (AvgIpc) is 2.79. The first-order valence-electron chi connectivity index (χ1n) is 7.53. The minimum atomic E-state index is -3.41. The maximum Gasteiger partial charge on any atom is 0.255 e. The van der Waals surface area contributed by atoms with Gasteiger partial charge in [-0.05, 0) is 30.3 Å². The van der Waals surface area contributed by atoms with E-state index in [1.165, 1.54) is 6.07 Å². The molecule has 1 aliphatic rings. The Bertz CT molecular complexity index is 938. The van der Waals surface area contributed by atoms with Crippen molar-refractivity contribution in [1.29, 1.82) is 0 Å². The maximum atomic E-state index is 12.4. The zero-order chi connectivity index (χ0) is 18.2. The van der Waals surface area contributed by atoms with Crippen molar-refractivity contribution < 1.29 is 22.7 Å².